The average Bonchev–Trinajstić information content (AvgIpc) is 2.06. The molecule has 12 heavy (non-hydrogen) atoms. The number of hydrogen-bond donors (Lipinski definition) is 0. The van der Waals surface area contributed by atoms with Crippen molar-refractivity contribution in [3.8, 4) is 0 Å². The molecule has 2 unspecified atom stereocenters. The van der Waals surface area contributed by atoms with Crippen LogP contribution in [0, 0.1) is 0 Å². The van der Waals surface area contributed by atoms with E-state index < -0.39 is 35.4 Å². The van der Waals surface area contributed by atoms with Gasteiger partial charge in [-0.05, 0) is 0 Å². The number of rotatable bonds is 2. The summed E-state index contributed by atoms with van der Waals surface area (Å²) in [5.41, 5.74) is 0. The lowest BCUT2D eigenvalue weighted by molar-refractivity contribution is -0.148. The highest BCUT2D eigenvalue weighted by molar-refractivity contribution is 7.81. The van der Waals surface area contributed by atoms with E-state index in [0.717, 1.165) is 0 Å². The van der Waals surface area contributed by atoms with E-state index in [1.165, 1.54) is 0 Å². The average molecular weight is 202 g/mol. The van der Waals surface area contributed by atoms with Crippen LogP contribution in [0.15, 0.2) is 0 Å². The minimum Gasteiger partial charge on any atom is -0.428 e. The molecule has 0 aromatic carbocycles. The molecule has 1 aliphatic rings. The van der Waals surface area contributed by atoms with Gasteiger partial charge in [0.05, 0.1) is 6.42 Å². The van der Waals surface area contributed by atoms with Crippen LogP contribution < -0.4 is 0 Å². The minimum absolute atomic E-state index is 0.607. The molecule has 70 valence electrons. The van der Waals surface area contributed by atoms with Gasteiger partial charge in [0.1, 0.15) is 0 Å². The minimum atomic E-state index is -5.24. The molecular weight excluding hydrogens is 198 g/mol. The molecule has 0 radical (unpaired) electrons. The second-order valence-electron chi connectivity index (χ2n) is 2.07. The summed E-state index contributed by atoms with van der Waals surface area (Å²) >= 11 is 0. The topological polar surface area (TPSA) is 69.7 Å². The third-order valence-corrected chi connectivity index (χ3v) is 1.62. The highest BCUT2D eigenvalue weighted by Gasteiger charge is 2.39. The van der Waals surface area contributed by atoms with Crippen LogP contribution in [0.5, 0.6) is 0 Å². The number of carbonyl (C=O) groups excluding carboxylic acids is 1. The first-order valence-electron chi connectivity index (χ1n) is 2.85. The molecule has 2 atom stereocenters. The molecule has 5 nitrogen and oxygen atoms in total. The second kappa shape index (κ2) is 2.94. The van der Waals surface area contributed by atoms with Gasteiger partial charge in [0, 0.05) is 0 Å². The monoisotopic (exact) mass is 202 g/mol. The Morgan fingerprint density at radius 2 is 2.17 bits per heavy atom. The van der Waals surface area contributed by atoms with Crippen LogP contribution in [0.4, 0.5) is 8.28 Å². The molecule has 0 bridgehead atoms. The van der Waals surface area contributed by atoms with Crippen LogP contribution in [0.3, 0.4) is 0 Å². The zero-order valence-electron chi connectivity index (χ0n) is 5.57. The van der Waals surface area contributed by atoms with Crippen molar-refractivity contribution in [3.05, 3.63) is 0 Å². The maximum atomic E-state index is 12.4. The van der Waals surface area contributed by atoms with Crippen LogP contribution in [0.2, 0.25) is 0 Å². The summed E-state index contributed by atoms with van der Waals surface area (Å²) in [6, 6.07) is 0. The van der Waals surface area contributed by atoms with E-state index in [9.17, 15) is 21.5 Å². The van der Waals surface area contributed by atoms with Crippen molar-refractivity contribution in [3.63, 3.8) is 0 Å². The normalized spacial score (nSPS) is 30.3. The van der Waals surface area contributed by atoms with Crippen molar-refractivity contribution in [1.82, 2.24) is 0 Å². The number of alkyl halides is 1. The fraction of sp³-hybridized carbons (Fsp3) is 0.750. The van der Waals surface area contributed by atoms with Gasteiger partial charge in [0.15, 0.2) is 6.10 Å². The van der Waals surface area contributed by atoms with Crippen LogP contribution in [-0.4, -0.2) is 26.8 Å². The van der Waals surface area contributed by atoms with E-state index in [0.29, 0.717) is 0 Å². The highest BCUT2D eigenvalue weighted by Crippen LogP contribution is 2.21. The lowest BCUT2D eigenvalue weighted by Crippen LogP contribution is -2.21. The Labute approximate surface area is 66.7 Å². The SMILES string of the molecule is O=C1CC(OS(=O)(=O)F)C(F)O1. The Bertz CT molecular complexity index is 286. The van der Waals surface area contributed by atoms with Crippen molar-refractivity contribution in [2.45, 2.75) is 18.9 Å². The smallest absolute Gasteiger partial charge is 0.428 e. The summed E-state index contributed by atoms with van der Waals surface area (Å²) in [6.45, 7) is 0. The van der Waals surface area contributed by atoms with E-state index in [2.05, 4.69) is 8.92 Å². The van der Waals surface area contributed by atoms with Crippen molar-refractivity contribution >= 4 is 16.5 Å². The van der Waals surface area contributed by atoms with Crippen molar-refractivity contribution in [1.29, 1.82) is 0 Å². The molecular formula is C4H4F2O5S. The molecule has 0 spiro atoms. The summed E-state index contributed by atoms with van der Waals surface area (Å²) in [6.07, 6.45) is -4.53. The second-order valence-corrected chi connectivity index (χ2v) is 3.05. The van der Waals surface area contributed by atoms with Crippen molar-refractivity contribution in [2.24, 2.45) is 0 Å². The van der Waals surface area contributed by atoms with Crippen LogP contribution in [0.25, 0.3) is 0 Å². The molecule has 1 aliphatic heterocycles. The maximum Gasteiger partial charge on any atom is 0.438 e. The molecule has 1 heterocycles. The highest BCUT2D eigenvalue weighted by atomic mass is 32.3. The van der Waals surface area contributed by atoms with E-state index in [1.807, 2.05) is 0 Å². The van der Waals surface area contributed by atoms with Crippen LogP contribution >= 0.6 is 0 Å². The van der Waals surface area contributed by atoms with Gasteiger partial charge >= 0.3 is 16.5 Å². The third-order valence-electron chi connectivity index (χ3n) is 1.14. The molecule has 1 rings (SSSR count). The Morgan fingerprint density at radius 1 is 1.58 bits per heavy atom. The molecule has 0 saturated carbocycles. The molecule has 0 amide bonds. The quantitative estimate of drug-likeness (QED) is 0.459. The van der Waals surface area contributed by atoms with Gasteiger partial charge in [0.2, 0.25) is 0 Å². The fourth-order valence-corrected chi connectivity index (χ4v) is 1.18. The lowest BCUT2D eigenvalue weighted by Gasteiger charge is -2.05. The van der Waals surface area contributed by atoms with Crippen LogP contribution in [0.1, 0.15) is 6.42 Å². The number of halogens is 2. The fourth-order valence-electron chi connectivity index (χ4n) is 0.732. The molecule has 0 aliphatic carbocycles. The van der Waals surface area contributed by atoms with Gasteiger partial charge in [-0.2, -0.15) is 12.8 Å². The van der Waals surface area contributed by atoms with Crippen molar-refractivity contribution < 1.29 is 30.4 Å². The summed E-state index contributed by atoms with van der Waals surface area (Å²) in [7, 11) is -5.24. The van der Waals surface area contributed by atoms with E-state index >= 15 is 0 Å². The Hall–Kier alpha value is -0.760. The van der Waals surface area contributed by atoms with E-state index in [1.54, 1.807) is 0 Å². The Balaban J connectivity index is 2.60. The van der Waals surface area contributed by atoms with Gasteiger partial charge in [-0.3, -0.25) is 4.79 Å². The Kier molecular flexibility index (Phi) is 2.29. The largest absolute Gasteiger partial charge is 0.438 e. The third kappa shape index (κ3) is 2.38. The van der Waals surface area contributed by atoms with Gasteiger partial charge in [-0.25, -0.2) is 4.18 Å². The summed E-state index contributed by atoms with van der Waals surface area (Å²) in [5.74, 6) is -0.962. The Morgan fingerprint density at radius 3 is 2.50 bits per heavy atom. The number of esters is 1. The number of cyclic esters (lactones) is 1. The molecule has 1 saturated heterocycles. The molecule has 1 fully saturated rings. The number of hydrogen-bond acceptors (Lipinski definition) is 5. The predicted octanol–water partition coefficient (Wildman–Crippen LogP) is -0.172. The zero-order valence-corrected chi connectivity index (χ0v) is 6.38. The zero-order chi connectivity index (χ0) is 9.35. The standard InChI is InChI=1S/C4H4F2O5S/c5-4-2(1-3(7)10-4)11-12(6,8)9/h2,4H,1H2. The van der Waals surface area contributed by atoms with E-state index in [-0.39, 0.29) is 0 Å². The molecule has 8 heteroatoms. The molecule has 0 aromatic rings. The lowest BCUT2D eigenvalue weighted by atomic mass is 10.3. The number of carbonyl (C=O) groups is 1. The predicted molar refractivity (Wildman–Crippen MR) is 30.5 cm³/mol. The van der Waals surface area contributed by atoms with Gasteiger partial charge in [-0.1, -0.05) is 3.89 Å². The first-order chi connectivity index (χ1) is 5.38. The number of ether oxygens (including phenoxy) is 1. The first-order valence-corrected chi connectivity index (χ1v) is 4.16. The first kappa shape index (κ1) is 9.33. The van der Waals surface area contributed by atoms with Crippen molar-refractivity contribution in [2.75, 3.05) is 0 Å². The van der Waals surface area contributed by atoms with E-state index in [4.69, 9.17) is 0 Å². The summed E-state index contributed by atoms with van der Waals surface area (Å²) in [4.78, 5) is 10.3. The molecule has 0 aromatic heterocycles. The van der Waals surface area contributed by atoms with Gasteiger partial charge < -0.3 is 4.74 Å². The summed E-state index contributed by atoms with van der Waals surface area (Å²) < 4.78 is 51.2. The van der Waals surface area contributed by atoms with Crippen LogP contribution in [-0.2, 0) is 24.2 Å². The summed E-state index contributed by atoms with van der Waals surface area (Å²) in [5, 5.41) is 0. The maximum absolute atomic E-state index is 12.4. The van der Waals surface area contributed by atoms with Gasteiger partial charge in [-0.15, -0.1) is 0 Å². The van der Waals surface area contributed by atoms with Gasteiger partial charge in [0.25, 0.3) is 6.36 Å². The molecule has 0 N–H and O–H groups in total.